The fraction of sp³-hybridized carbons (Fsp3) is 0.474. The molecule has 1 aromatic heterocycles. The van der Waals surface area contributed by atoms with Gasteiger partial charge in [0.1, 0.15) is 5.82 Å². The number of nitrogens with zero attached hydrogens (tertiary/aromatic N) is 3. The maximum Gasteiger partial charge on any atom is 0.426 e. The molecule has 28 heavy (non-hydrogen) atoms. The third-order valence-corrected chi connectivity index (χ3v) is 5.31. The number of benzene rings is 1. The van der Waals surface area contributed by atoms with Crippen molar-refractivity contribution in [3.63, 3.8) is 0 Å². The molecule has 2 heterocycles. The van der Waals surface area contributed by atoms with Gasteiger partial charge in [-0.05, 0) is 43.5 Å². The molecule has 0 radical (unpaired) electrons. The van der Waals surface area contributed by atoms with Crippen molar-refractivity contribution >= 4 is 5.91 Å². The molecule has 1 aliphatic heterocycles. The summed E-state index contributed by atoms with van der Waals surface area (Å²) in [5.74, 6) is -1.90. The maximum atomic E-state index is 13.2. The van der Waals surface area contributed by atoms with Crippen LogP contribution in [0.15, 0.2) is 36.8 Å². The fourth-order valence-electron chi connectivity index (χ4n) is 3.60. The molecule has 0 saturated carbocycles. The fourth-order valence-corrected chi connectivity index (χ4v) is 3.60. The Hall–Kier alpha value is -2.42. The predicted molar refractivity (Wildman–Crippen MR) is 93.3 cm³/mol. The lowest BCUT2D eigenvalue weighted by Crippen LogP contribution is -2.58. The molecule has 5 nitrogen and oxygen atoms in total. The van der Waals surface area contributed by atoms with E-state index >= 15 is 0 Å². The molecule has 3 atom stereocenters. The molecule has 0 spiro atoms. The summed E-state index contributed by atoms with van der Waals surface area (Å²) in [4.78, 5) is 17.4. The number of halogens is 4. The van der Waals surface area contributed by atoms with Crippen molar-refractivity contribution in [3.05, 3.63) is 48.3 Å². The Bertz CT molecular complexity index is 846. The number of rotatable bonds is 3. The topological polar surface area (TPSA) is 58.4 Å². The van der Waals surface area contributed by atoms with Gasteiger partial charge in [-0.25, -0.2) is 9.37 Å². The minimum absolute atomic E-state index is 0.0487. The van der Waals surface area contributed by atoms with Crippen molar-refractivity contribution in [3.8, 4) is 5.69 Å². The molecule has 152 valence electrons. The number of hydrogen-bond donors (Lipinski definition) is 1. The zero-order chi connectivity index (χ0) is 20.7. The van der Waals surface area contributed by atoms with Crippen molar-refractivity contribution < 1.29 is 27.5 Å². The summed E-state index contributed by atoms with van der Waals surface area (Å²) in [6, 6.07) is 5.90. The maximum absolute atomic E-state index is 13.2. The van der Waals surface area contributed by atoms with Gasteiger partial charge in [0.25, 0.3) is 5.91 Å². The number of carbonyl (C=O) groups is 1. The summed E-state index contributed by atoms with van der Waals surface area (Å²) >= 11 is 0. The minimum Gasteiger partial charge on any atom is -0.373 e. The number of alkyl halides is 3. The minimum atomic E-state index is -5.04. The molecule has 1 fully saturated rings. The Balaban J connectivity index is 1.78. The van der Waals surface area contributed by atoms with E-state index in [2.05, 4.69) is 4.98 Å². The standard InChI is InChI=1S/C19H21F4N3O2/c1-12-10-25(17(27)18(2,28)19(21,22)23)8-7-15(12)16-9-24-11-26(16)14-5-3-13(20)4-6-14/h3-6,9,11-12,15,28H,7-8,10H2,1-2H3/t12-,15+,18-/m1/s1. The summed E-state index contributed by atoms with van der Waals surface area (Å²) in [5, 5.41) is 9.66. The van der Waals surface area contributed by atoms with Gasteiger partial charge >= 0.3 is 6.18 Å². The second-order valence-corrected chi connectivity index (χ2v) is 7.36. The van der Waals surface area contributed by atoms with Crippen LogP contribution in [-0.4, -0.2) is 50.3 Å². The molecule has 2 aromatic rings. The Morgan fingerprint density at radius 3 is 2.46 bits per heavy atom. The van der Waals surface area contributed by atoms with Gasteiger partial charge in [0, 0.05) is 36.6 Å². The van der Waals surface area contributed by atoms with E-state index in [4.69, 9.17) is 0 Å². The number of imidazole rings is 1. The third kappa shape index (κ3) is 3.63. The lowest BCUT2D eigenvalue weighted by atomic mass is 9.83. The Kier molecular flexibility index (Phi) is 5.22. The van der Waals surface area contributed by atoms with Gasteiger partial charge < -0.3 is 14.6 Å². The molecule has 9 heteroatoms. The normalized spacial score (nSPS) is 22.8. The zero-order valence-electron chi connectivity index (χ0n) is 15.4. The van der Waals surface area contributed by atoms with Gasteiger partial charge in [-0.15, -0.1) is 0 Å². The van der Waals surface area contributed by atoms with Crippen LogP contribution in [0.1, 0.15) is 31.9 Å². The summed E-state index contributed by atoms with van der Waals surface area (Å²) < 4.78 is 53.9. The molecular weight excluding hydrogens is 378 g/mol. The van der Waals surface area contributed by atoms with E-state index in [0.29, 0.717) is 13.3 Å². The van der Waals surface area contributed by atoms with Crippen LogP contribution in [-0.2, 0) is 4.79 Å². The molecule has 1 aliphatic rings. The van der Waals surface area contributed by atoms with Gasteiger partial charge in [-0.2, -0.15) is 13.2 Å². The number of aromatic nitrogens is 2. The number of likely N-dealkylation sites (tertiary alicyclic amines) is 1. The van der Waals surface area contributed by atoms with Crippen LogP contribution in [0.3, 0.4) is 0 Å². The van der Waals surface area contributed by atoms with Crippen molar-refractivity contribution in [1.82, 2.24) is 14.5 Å². The van der Waals surface area contributed by atoms with Crippen molar-refractivity contribution in [2.75, 3.05) is 13.1 Å². The molecular formula is C19H21F4N3O2. The summed E-state index contributed by atoms with van der Waals surface area (Å²) in [6.45, 7) is 2.50. The summed E-state index contributed by atoms with van der Waals surface area (Å²) in [6.07, 6.45) is -1.34. The highest BCUT2D eigenvalue weighted by Gasteiger charge is 2.57. The number of piperidine rings is 1. The quantitative estimate of drug-likeness (QED) is 0.806. The lowest BCUT2D eigenvalue weighted by molar-refractivity contribution is -0.250. The third-order valence-electron chi connectivity index (χ3n) is 5.31. The first kappa shape index (κ1) is 20.3. The molecule has 1 saturated heterocycles. The van der Waals surface area contributed by atoms with Gasteiger partial charge in [-0.1, -0.05) is 6.92 Å². The summed E-state index contributed by atoms with van der Waals surface area (Å²) in [5.41, 5.74) is -1.84. The highest BCUT2D eigenvalue weighted by Crippen LogP contribution is 2.37. The van der Waals surface area contributed by atoms with Crippen LogP contribution in [0.4, 0.5) is 17.6 Å². The van der Waals surface area contributed by atoms with E-state index in [-0.39, 0.29) is 30.7 Å². The van der Waals surface area contributed by atoms with Crippen LogP contribution in [0.2, 0.25) is 0 Å². The van der Waals surface area contributed by atoms with E-state index in [9.17, 15) is 27.5 Å². The molecule has 3 rings (SSSR count). The molecule has 1 N–H and O–H groups in total. The van der Waals surface area contributed by atoms with Gasteiger partial charge in [-0.3, -0.25) is 4.79 Å². The first-order valence-electron chi connectivity index (χ1n) is 8.89. The van der Waals surface area contributed by atoms with E-state index in [1.54, 1.807) is 24.7 Å². The van der Waals surface area contributed by atoms with Crippen molar-refractivity contribution in [1.29, 1.82) is 0 Å². The molecule has 0 unspecified atom stereocenters. The Morgan fingerprint density at radius 1 is 1.25 bits per heavy atom. The Morgan fingerprint density at radius 2 is 1.89 bits per heavy atom. The predicted octanol–water partition coefficient (Wildman–Crippen LogP) is 3.28. The highest BCUT2D eigenvalue weighted by atomic mass is 19.4. The highest BCUT2D eigenvalue weighted by molar-refractivity contribution is 5.85. The first-order valence-corrected chi connectivity index (χ1v) is 8.89. The smallest absolute Gasteiger partial charge is 0.373 e. The van der Waals surface area contributed by atoms with Crippen LogP contribution in [0.25, 0.3) is 5.69 Å². The van der Waals surface area contributed by atoms with Crippen molar-refractivity contribution in [2.45, 2.75) is 38.0 Å². The monoisotopic (exact) mass is 399 g/mol. The average Bonchev–Trinajstić information content (AvgIpc) is 3.10. The Labute approximate surface area is 159 Å². The van der Waals surface area contributed by atoms with Gasteiger partial charge in [0.05, 0.1) is 6.33 Å². The van der Waals surface area contributed by atoms with Crippen LogP contribution in [0, 0.1) is 11.7 Å². The molecule has 1 amide bonds. The largest absolute Gasteiger partial charge is 0.426 e. The zero-order valence-corrected chi connectivity index (χ0v) is 15.4. The number of carbonyl (C=O) groups excluding carboxylic acids is 1. The second kappa shape index (κ2) is 7.20. The van der Waals surface area contributed by atoms with Gasteiger partial charge in [0.2, 0.25) is 5.60 Å². The van der Waals surface area contributed by atoms with E-state index < -0.39 is 17.7 Å². The number of aliphatic hydroxyl groups is 1. The van der Waals surface area contributed by atoms with E-state index in [0.717, 1.165) is 16.3 Å². The molecule has 0 bridgehead atoms. The van der Waals surface area contributed by atoms with Crippen molar-refractivity contribution in [2.24, 2.45) is 5.92 Å². The van der Waals surface area contributed by atoms with E-state index in [1.807, 2.05) is 11.5 Å². The van der Waals surface area contributed by atoms with Crippen LogP contribution < -0.4 is 0 Å². The average molecular weight is 399 g/mol. The van der Waals surface area contributed by atoms with Crippen LogP contribution >= 0.6 is 0 Å². The SMILES string of the molecule is C[C@@H]1CN(C(=O)[C@@](C)(O)C(F)(F)F)CC[C@@H]1c1cncn1-c1ccc(F)cc1. The lowest BCUT2D eigenvalue weighted by Gasteiger charge is -2.40. The first-order chi connectivity index (χ1) is 13.0. The van der Waals surface area contributed by atoms with E-state index in [1.165, 1.54) is 12.1 Å². The summed E-state index contributed by atoms with van der Waals surface area (Å²) in [7, 11) is 0. The number of amides is 1. The van der Waals surface area contributed by atoms with Crippen LogP contribution in [0.5, 0.6) is 0 Å². The number of hydrogen-bond acceptors (Lipinski definition) is 3. The second-order valence-electron chi connectivity index (χ2n) is 7.36. The van der Waals surface area contributed by atoms with Gasteiger partial charge in [0.15, 0.2) is 0 Å². The molecule has 0 aliphatic carbocycles. The molecule has 1 aromatic carbocycles.